The maximum absolute atomic E-state index is 13.0. The first-order valence-corrected chi connectivity index (χ1v) is 10.5. The minimum absolute atomic E-state index is 0.288. The van der Waals surface area contributed by atoms with Crippen molar-refractivity contribution in [3.63, 3.8) is 0 Å². The molecule has 0 aliphatic rings. The molecule has 3 nitrogen and oxygen atoms in total. The van der Waals surface area contributed by atoms with E-state index in [0.29, 0.717) is 5.69 Å². The molecule has 3 aromatic carbocycles. The third-order valence-electron chi connectivity index (χ3n) is 4.05. The first kappa shape index (κ1) is 17.6. The number of hydrogen-bond donors (Lipinski definition) is 0. The van der Waals surface area contributed by atoms with E-state index in [-0.39, 0.29) is 4.90 Å². The molecule has 0 amide bonds. The van der Waals surface area contributed by atoms with Crippen LogP contribution in [0.15, 0.2) is 88.7 Å². The van der Waals surface area contributed by atoms with Gasteiger partial charge in [0.15, 0.2) is 0 Å². The largest absolute Gasteiger partial charge is 0.269 e. The topological polar surface area (TPSA) is 37.4 Å². The molecule has 5 heteroatoms. The van der Waals surface area contributed by atoms with E-state index in [1.165, 1.54) is 4.31 Å². The zero-order chi connectivity index (χ0) is 17.9. The molecule has 0 aliphatic heterocycles. The van der Waals surface area contributed by atoms with E-state index in [1.807, 2.05) is 73.0 Å². The average molecular weight is 370 g/mol. The minimum atomic E-state index is -3.62. The molecule has 128 valence electrons. The van der Waals surface area contributed by atoms with Crippen LogP contribution in [0.4, 0.5) is 5.69 Å². The smallest absolute Gasteiger partial charge is 0.264 e. The van der Waals surface area contributed by atoms with Crippen molar-refractivity contribution in [3.8, 4) is 11.1 Å². The summed E-state index contributed by atoms with van der Waals surface area (Å²) in [6.45, 7) is 0. The molecule has 0 aromatic heterocycles. The van der Waals surface area contributed by atoms with Crippen LogP contribution in [0, 0.1) is 0 Å². The van der Waals surface area contributed by atoms with Crippen LogP contribution in [0.1, 0.15) is 0 Å². The van der Waals surface area contributed by atoms with Crippen molar-refractivity contribution in [1.82, 2.24) is 0 Å². The van der Waals surface area contributed by atoms with E-state index in [2.05, 4.69) is 0 Å². The Morgan fingerprint density at radius 2 is 1.40 bits per heavy atom. The van der Waals surface area contributed by atoms with Crippen molar-refractivity contribution >= 4 is 27.5 Å². The van der Waals surface area contributed by atoms with E-state index >= 15 is 0 Å². The molecular weight excluding hydrogens is 350 g/mol. The van der Waals surface area contributed by atoms with Crippen LogP contribution in [0.2, 0.25) is 0 Å². The van der Waals surface area contributed by atoms with Crippen molar-refractivity contribution in [1.29, 1.82) is 0 Å². The van der Waals surface area contributed by atoms with Gasteiger partial charge < -0.3 is 0 Å². The molecule has 0 atom stereocenters. The lowest BCUT2D eigenvalue weighted by Crippen LogP contribution is -2.27. The van der Waals surface area contributed by atoms with Crippen LogP contribution >= 0.6 is 11.8 Å². The first-order chi connectivity index (χ1) is 12.0. The van der Waals surface area contributed by atoms with Gasteiger partial charge in [-0.3, -0.25) is 4.31 Å². The second-order valence-corrected chi connectivity index (χ2v) is 8.38. The summed E-state index contributed by atoms with van der Waals surface area (Å²) in [5.74, 6) is 0. The quantitative estimate of drug-likeness (QED) is 0.600. The third kappa shape index (κ3) is 3.57. The van der Waals surface area contributed by atoms with Crippen LogP contribution in [0.25, 0.3) is 11.1 Å². The van der Waals surface area contributed by atoms with Crippen molar-refractivity contribution in [2.45, 2.75) is 9.79 Å². The predicted octanol–water partition coefficient (Wildman–Crippen LogP) is 4.90. The van der Waals surface area contributed by atoms with Gasteiger partial charge in [-0.15, -0.1) is 11.8 Å². The number of sulfonamides is 1. The Bertz CT molecular complexity index is 953. The van der Waals surface area contributed by atoms with Crippen LogP contribution in [0.5, 0.6) is 0 Å². The highest BCUT2D eigenvalue weighted by atomic mass is 32.2. The zero-order valence-corrected chi connectivity index (χ0v) is 15.7. The number of rotatable bonds is 5. The fourth-order valence-corrected chi connectivity index (χ4v) is 4.27. The van der Waals surface area contributed by atoms with Gasteiger partial charge in [-0.1, -0.05) is 48.5 Å². The SMILES string of the molecule is CSc1ccc(S(=O)(=O)N(C)c2ccccc2-c2ccccc2)cc1. The lowest BCUT2D eigenvalue weighted by Gasteiger charge is -2.22. The number of anilines is 1. The lowest BCUT2D eigenvalue weighted by molar-refractivity contribution is 0.594. The molecule has 0 aliphatic carbocycles. The van der Waals surface area contributed by atoms with Crippen LogP contribution in [-0.4, -0.2) is 21.7 Å². The van der Waals surface area contributed by atoms with Crippen LogP contribution in [0.3, 0.4) is 0 Å². The van der Waals surface area contributed by atoms with Gasteiger partial charge in [0.25, 0.3) is 10.0 Å². The monoisotopic (exact) mass is 369 g/mol. The second-order valence-electron chi connectivity index (χ2n) is 5.53. The Hall–Kier alpha value is -2.24. The van der Waals surface area contributed by atoms with Gasteiger partial charge in [0.05, 0.1) is 10.6 Å². The molecule has 0 unspecified atom stereocenters. The van der Waals surface area contributed by atoms with E-state index in [9.17, 15) is 8.42 Å². The molecule has 0 saturated heterocycles. The fraction of sp³-hybridized carbons (Fsp3) is 0.100. The van der Waals surface area contributed by atoms with Gasteiger partial charge >= 0.3 is 0 Å². The van der Waals surface area contributed by atoms with Gasteiger partial charge in [0.2, 0.25) is 0 Å². The minimum Gasteiger partial charge on any atom is -0.269 e. The van der Waals surface area contributed by atoms with Crippen molar-refractivity contribution < 1.29 is 8.42 Å². The summed E-state index contributed by atoms with van der Waals surface area (Å²) in [6.07, 6.45) is 1.96. The summed E-state index contributed by atoms with van der Waals surface area (Å²) < 4.78 is 27.4. The number of hydrogen-bond acceptors (Lipinski definition) is 3. The summed E-state index contributed by atoms with van der Waals surface area (Å²) >= 11 is 1.58. The van der Waals surface area contributed by atoms with Gasteiger partial charge in [-0.25, -0.2) is 8.42 Å². The van der Waals surface area contributed by atoms with Gasteiger partial charge in [-0.05, 0) is 42.2 Å². The van der Waals surface area contributed by atoms with Crippen LogP contribution < -0.4 is 4.31 Å². The van der Waals surface area contributed by atoms with E-state index < -0.39 is 10.0 Å². The molecule has 0 spiro atoms. The predicted molar refractivity (Wildman–Crippen MR) is 106 cm³/mol. The normalized spacial score (nSPS) is 11.3. The maximum atomic E-state index is 13.0. The summed E-state index contributed by atoms with van der Waals surface area (Å²) in [5, 5.41) is 0. The Labute approximate surface area is 153 Å². The van der Waals surface area contributed by atoms with Gasteiger partial charge in [-0.2, -0.15) is 0 Å². The molecule has 0 radical (unpaired) electrons. The van der Waals surface area contributed by atoms with E-state index in [1.54, 1.807) is 30.9 Å². The maximum Gasteiger partial charge on any atom is 0.264 e. The van der Waals surface area contributed by atoms with Gasteiger partial charge in [0.1, 0.15) is 0 Å². The Kier molecular flexibility index (Phi) is 5.16. The molecule has 0 bridgehead atoms. The molecule has 0 saturated carbocycles. The number of nitrogens with zero attached hydrogens (tertiary/aromatic N) is 1. The number of para-hydroxylation sites is 1. The summed E-state index contributed by atoms with van der Waals surface area (Å²) in [4.78, 5) is 1.32. The molecule has 3 aromatic rings. The highest BCUT2D eigenvalue weighted by Crippen LogP contribution is 2.33. The number of thioether (sulfide) groups is 1. The first-order valence-electron chi connectivity index (χ1n) is 7.81. The highest BCUT2D eigenvalue weighted by Gasteiger charge is 2.23. The summed E-state index contributed by atoms with van der Waals surface area (Å²) in [5.41, 5.74) is 2.52. The third-order valence-corrected chi connectivity index (χ3v) is 6.58. The molecule has 3 rings (SSSR count). The van der Waals surface area contributed by atoms with Gasteiger partial charge in [0, 0.05) is 17.5 Å². The van der Waals surface area contributed by atoms with Crippen molar-refractivity contribution in [2.75, 3.05) is 17.6 Å². The van der Waals surface area contributed by atoms with E-state index in [0.717, 1.165) is 16.0 Å². The summed E-state index contributed by atoms with van der Waals surface area (Å²) in [7, 11) is -2.03. The Balaban J connectivity index is 2.04. The van der Waals surface area contributed by atoms with E-state index in [4.69, 9.17) is 0 Å². The molecule has 0 N–H and O–H groups in total. The molecule has 0 fully saturated rings. The number of benzene rings is 3. The van der Waals surface area contributed by atoms with Crippen molar-refractivity contribution in [3.05, 3.63) is 78.9 Å². The zero-order valence-electron chi connectivity index (χ0n) is 14.1. The van der Waals surface area contributed by atoms with Crippen molar-refractivity contribution in [2.24, 2.45) is 0 Å². The standard InChI is InChI=1S/C20H19NO2S2/c1-21(25(22,23)18-14-12-17(24-2)13-15-18)20-11-7-6-10-19(20)16-8-4-3-5-9-16/h3-15H,1-2H3. The molecule has 0 heterocycles. The fourth-order valence-electron chi connectivity index (χ4n) is 2.65. The Morgan fingerprint density at radius 3 is 2.04 bits per heavy atom. The lowest BCUT2D eigenvalue weighted by atomic mass is 10.0. The summed E-state index contributed by atoms with van der Waals surface area (Å²) in [6, 6.07) is 24.3. The molecular formula is C20H19NO2S2. The second kappa shape index (κ2) is 7.33. The average Bonchev–Trinajstić information content (AvgIpc) is 2.68. The highest BCUT2D eigenvalue weighted by molar-refractivity contribution is 7.98. The Morgan fingerprint density at radius 1 is 0.800 bits per heavy atom. The molecule has 25 heavy (non-hydrogen) atoms. The van der Waals surface area contributed by atoms with Crippen LogP contribution in [-0.2, 0) is 10.0 Å².